The van der Waals surface area contributed by atoms with Gasteiger partial charge in [-0.25, -0.2) is 0 Å². The van der Waals surface area contributed by atoms with E-state index < -0.39 is 5.72 Å². The predicted molar refractivity (Wildman–Crippen MR) is 123 cm³/mol. The summed E-state index contributed by atoms with van der Waals surface area (Å²) >= 11 is 0. The van der Waals surface area contributed by atoms with Crippen LogP contribution in [0.2, 0.25) is 0 Å². The lowest BCUT2D eigenvalue weighted by Gasteiger charge is -2.40. The fourth-order valence-electron chi connectivity index (χ4n) is 4.91. The van der Waals surface area contributed by atoms with Crippen molar-refractivity contribution in [2.45, 2.75) is 31.4 Å². The molecule has 0 radical (unpaired) electrons. The number of rotatable bonds is 3. The summed E-state index contributed by atoms with van der Waals surface area (Å²) in [5, 5.41) is 17.6. The Morgan fingerprint density at radius 2 is 1.58 bits per heavy atom. The molecule has 0 amide bonds. The van der Waals surface area contributed by atoms with E-state index in [-0.39, 0.29) is 5.41 Å². The molecule has 2 heterocycles. The molecule has 1 N–H and O–H groups in total. The summed E-state index contributed by atoms with van der Waals surface area (Å²) in [7, 11) is 2.08. The first-order valence-corrected chi connectivity index (χ1v) is 10.4. The predicted octanol–water partition coefficient (Wildman–Crippen LogP) is 5.16. The van der Waals surface area contributed by atoms with Crippen LogP contribution in [0, 0.1) is 0 Å². The van der Waals surface area contributed by atoms with Gasteiger partial charge in [0, 0.05) is 23.9 Å². The third-order valence-electron chi connectivity index (χ3n) is 6.81. The van der Waals surface area contributed by atoms with Crippen LogP contribution in [0.3, 0.4) is 0 Å². The Balaban J connectivity index is 1.42. The van der Waals surface area contributed by atoms with Gasteiger partial charge >= 0.3 is 0 Å². The molecule has 5 rings (SSSR count). The number of fused-ring (bicyclic) bond motifs is 1. The van der Waals surface area contributed by atoms with Gasteiger partial charge in [0.2, 0.25) is 5.72 Å². The quantitative estimate of drug-likeness (QED) is 0.368. The Morgan fingerprint density at radius 3 is 2.26 bits per heavy atom. The molecule has 0 bridgehead atoms. The Kier molecular flexibility index (Phi) is 4.36. The molecule has 2 aliphatic rings. The lowest BCUT2D eigenvalue weighted by Crippen LogP contribution is -2.54. The smallest absolute Gasteiger partial charge is 0.224 e. The first-order chi connectivity index (χ1) is 15.0. The minimum absolute atomic E-state index is 0.215. The monoisotopic (exact) mass is 411 g/mol. The molecular weight excluding hydrogens is 386 g/mol. The van der Waals surface area contributed by atoms with E-state index in [4.69, 9.17) is 4.84 Å². The van der Waals surface area contributed by atoms with Gasteiger partial charge in [-0.1, -0.05) is 83.1 Å². The summed E-state index contributed by atoms with van der Waals surface area (Å²) in [5.41, 5.74) is 5.87. The summed E-state index contributed by atoms with van der Waals surface area (Å²) < 4.78 is 0. The van der Waals surface area contributed by atoms with Crippen molar-refractivity contribution < 1.29 is 10.0 Å². The fraction of sp³-hybridized carbons (Fsp3) is 0.231. The third kappa shape index (κ3) is 2.76. The van der Waals surface area contributed by atoms with Crippen LogP contribution >= 0.6 is 0 Å². The maximum atomic E-state index is 9.56. The molecule has 0 aromatic heterocycles. The zero-order valence-corrected chi connectivity index (χ0v) is 17.9. The van der Waals surface area contributed by atoms with E-state index in [9.17, 15) is 5.21 Å². The van der Waals surface area contributed by atoms with Gasteiger partial charge in [-0.05, 0) is 31.0 Å². The van der Waals surface area contributed by atoms with Gasteiger partial charge in [-0.15, -0.1) is 0 Å². The molecule has 3 aromatic rings. The van der Waals surface area contributed by atoms with E-state index >= 15 is 0 Å². The maximum absolute atomic E-state index is 9.56. The van der Waals surface area contributed by atoms with Crippen LogP contribution in [0.15, 0.2) is 89.2 Å². The SMILES string of the molecule is CN1c2ccccc2C(C)(C)[C@@]12CC(c1ccc(/C(=N/O)c3ccccc3)cc1)=NO2. The first-order valence-electron chi connectivity index (χ1n) is 10.4. The summed E-state index contributed by atoms with van der Waals surface area (Å²) in [6, 6.07) is 26.1. The zero-order valence-electron chi connectivity index (χ0n) is 17.9. The molecule has 31 heavy (non-hydrogen) atoms. The normalized spacial score (nSPS) is 21.7. The summed E-state index contributed by atoms with van der Waals surface area (Å²) in [6.45, 7) is 4.45. The number of hydrogen-bond acceptors (Lipinski definition) is 5. The number of anilines is 1. The Bertz CT molecular complexity index is 1180. The minimum Gasteiger partial charge on any atom is -0.410 e. The molecule has 5 nitrogen and oxygen atoms in total. The molecular formula is C26H25N3O2. The molecule has 1 spiro atoms. The lowest BCUT2D eigenvalue weighted by molar-refractivity contribution is -0.0591. The van der Waals surface area contributed by atoms with Crippen molar-refractivity contribution in [1.82, 2.24) is 0 Å². The van der Waals surface area contributed by atoms with Crippen molar-refractivity contribution in [3.63, 3.8) is 0 Å². The van der Waals surface area contributed by atoms with Crippen molar-refractivity contribution in [3.05, 3.63) is 101 Å². The van der Waals surface area contributed by atoms with Gasteiger partial charge in [0.25, 0.3) is 0 Å². The van der Waals surface area contributed by atoms with E-state index in [1.165, 1.54) is 11.3 Å². The van der Waals surface area contributed by atoms with Gasteiger partial charge in [0.1, 0.15) is 5.71 Å². The van der Waals surface area contributed by atoms with Gasteiger partial charge < -0.3 is 14.9 Å². The first kappa shape index (κ1) is 19.4. The molecule has 156 valence electrons. The molecule has 2 aliphatic heterocycles. The van der Waals surface area contributed by atoms with Crippen LogP contribution in [0.5, 0.6) is 0 Å². The van der Waals surface area contributed by atoms with Crippen molar-refractivity contribution in [3.8, 4) is 0 Å². The number of benzene rings is 3. The summed E-state index contributed by atoms with van der Waals surface area (Å²) in [6.07, 6.45) is 0.685. The third-order valence-corrected chi connectivity index (χ3v) is 6.81. The van der Waals surface area contributed by atoms with Crippen LogP contribution in [-0.4, -0.2) is 29.4 Å². The van der Waals surface area contributed by atoms with Crippen LogP contribution in [0.4, 0.5) is 5.69 Å². The van der Waals surface area contributed by atoms with E-state index in [1.807, 2.05) is 54.6 Å². The van der Waals surface area contributed by atoms with Crippen molar-refractivity contribution in [2.75, 3.05) is 11.9 Å². The second kappa shape index (κ2) is 6.98. The highest BCUT2D eigenvalue weighted by Gasteiger charge is 2.61. The average molecular weight is 412 g/mol. The second-order valence-electron chi connectivity index (χ2n) is 8.68. The Hall–Kier alpha value is -3.60. The van der Waals surface area contributed by atoms with Crippen molar-refractivity contribution >= 4 is 17.1 Å². The molecule has 1 atom stereocenters. The number of oxime groups is 2. The molecule has 0 aliphatic carbocycles. The zero-order chi connectivity index (χ0) is 21.6. The Morgan fingerprint density at radius 1 is 0.935 bits per heavy atom. The maximum Gasteiger partial charge on any atom is 0.224 e. The summed E-state index contributed by atoms with van der Waals surface area (Å²) in [5.74, 6) is 0. The van der Waals surface area contributed by atoms with Crippen molar-refractivity contribution in [1.29, 1.82) is 0 Å². The van der Waals surface area contributed by atoms with E-state index in [1.54, 1.807) is 0 Å². The van der Waals surface area contributed by atoms with Gasteiger partial charge in [0.05, 0.1) is 17.5 Å². The molecule has 3 aromatic carbocycles. The topological polar surface area (TPSA) is 57.4 Å². The number of hydrogen-bond donors (Lipinski definition) is 1. The van der Waals surface area contributed by atoms with Gasteiger partial charge in [-0.3, -0.25) is 0 Å². The Labute approximate surface area is 182 Å². The number of para-hydroxylation sites is 1. The lowest BCUT2D eigenvalue weighted by atomic mass is 9.75. The van der Waals surface area contributed by atoms with E-state index in [0.717, 1.165) is 22.4 Å². The fourth-order valence-corrected chi connectivity index (χ4v) is 4.91. The molecule has 0 unspecified atom stereocenters. The van der Waals surface area contributed by atoms with Crippen LogP contribution in [-0.2, 0) is 10.3 Å². The van der Waals surface area contributed by atoms with Crippen LogP contribution < -0.4 is 4.90 Å². The largest absolute Gasteiger partial charge is 0.410 e. The standard InChI is InChI=1S/C26H25N3O2/c1-25(2)21-11-7-8-12-23(21)29(3)26(25)17-22(28-31-26)18-13-15-20(16-14-18)24(27-30)19-9-5-4-6-10-19/h4-16,30H,17H2,1-3H3/b27-24+/t26-/m0/s1. The summed E-state index contributed by atoms with van der Waals surface area (Å²) in [4.78, 5) is 8.42. The highest BCUT2D eigenvalue weighted by Crippen LogP contribution is 2.55. The minimum atomic E-state index is -0.549. The van der Waals surface area contributed by atoms with Crippen molar-refractivity contribution in [2.24, 2.45) is 10.3 Å². The van der Waals surface area contributed by atoms with E-state index in [0.29, 0.717) is 12.1 Å². The van der Waals surface area contributed by atoms with Gasteiger partial charge in [-0.2, -0.15) is 0 Å². The average Bonchev–Trinajstić information content (AvgIpc) is 3.33. The van der Waals surface area contributed by atoms with E-state index in [2.05, 4.69) is 60.4 Å². The molecule has 0 fully saturated rings. The molecule has 0 saturated heterocycles. The van der Waals surface area contributed by atoms with Crippen LogP contribution in [0.1, 0.15) is 42.5 Å². The number of nitrogens with zero attached hydrogens (tertiary/aromatic N) is 3. The second-order valence-corrected chi connectivity index (χ2v) is 8.68. The highest BCUT2D eigenvalue weighted by atomic mass is 16.7. The number of likely N-dealkylation sites (N-methyl/N-ethyl adjacent to an activating group) is 1. The van der Waals surface area contributed by atoms with Gasteiger partial charge in [0.15, 0.2) is 0 Å². The highest BCUT2D eigenvalue weighted by molar-refractivity contribution is 6.13. The molecule has 0 saturated carbocycles. The molecule has 5 heteroatoms. The van der Waals surface area contributed by atoms with Crippen LogP contribution in [0.25, 0.3) is 0 Å².